The Hall–Kier alpha value is -2.92. The molecule has 0 aliphatic carbocycles. The number of aromatic nitrogens is 2. The van der Waals surface area contributed by atoms with Crippen LogP contribution in [0.1, 0.15) is 24.2 Å². The Morgan fingerprint density at radius 1 is 1.09 bits per heavy atom. The molecule has 7 nitrogen and oxygen atoms in total. The van der Waals surface area contributed by atoms with Gasteiger partial charge < -0.3 is 9.88 Å². The molecule has 1 aliphatic rings. The number of alkyl halides is 3. The third-order valence-electron chi connectivity index (χ3n) is 6.12. The fraction of sp³-hybridized carbons (Fsp3) is 0.391. The normalized spacial score (nSPS) is 16.1. The summed E-state index contributed by atoms with van der Waals surface area (Å²) in [5.41, 5.74) is 0.677. The van der Waals surface area contributed by atoms with Crippen LogP contribution < -0.4 is 5.32 Å². The zero-order valence-corrected chi connectivity index (χ0v) is 19.4. The van der Waals surface area contributed by atoms with Gasteiger partial charge in [0.1, 0.15) is 5.82 Å². The molecule has 1 aliphatic heterocycles. The van der Waals surface area contributed by atoms with E-state index in [1.54, 1.807) is 0 Å². The number of fused-ring (bicyclic) bond motifs is 1. The molecule has 2 aromatic carbocycles. The number of aryl methyl sites for hydroxylation is 1. The van der Waals surface area contributed by atoms with E-state index in [4.69, 9.17) is 0 Å². The average Bonchev–Trinajstić information content (AvgIpc) is 3.13. The third kappa shape index (κ3) is 4.80. The van der Waals surface area contributed by atoms with Gasteiger partial charge >= 0.3 is 6.18 Å². The molecule has 34 heavy (non-hydrogen) atoms. The number of nitrogens with one attached hydrogen (secondary N) is 1. The molecular formula is C23H25F3N4O3S. The van der Waals surface area contributed by atoms with E-state index in [1.165, 1.54) is 6.07 Å². The van der Waals surface area contributed by atoms with Crippen LogP contribution in [-0.2, 0) is 27.5 Å². The Balaban J connectivity index is 1.35. The lowest BCUT2D eigenvalue weighted by Crippen LogP contribution is -2.43. The highest BCUT2D eigenvalue weighted by atomic mass is 32.2. The summed E-state index contributed by atoms with van der Waals surface area (Å²) in [7, 11) is -4.33. The molecule has 0 spiro atoms. The average molecular weight is 495 g/mol. The van der Waals surface area contributed by atoms with E-state index in [2.05, 4.69) is 10.3 Å². The highest BCUT2D eigenvalue weighted by molar-refractivity contribution is 7.89. The predicted molar refractivity (Wildman–Crippen MR) is 120 cm³/mol. The number of para-hydroxylation sites is 2. The number of halogens is 3. The van der Waals surface area contributed by atoms with Crippen LogP contribution in [0.15, 0.2) is 53.4 Å². The standard InChI is InChI=1S/C23H25F3N4O3S/c1-16-28-19-7-3-4-8-20(19)30(16)15-12-27-22(31)17-10-13-29(14-11-17)34(32,33)21-9-5-2-6-18(21)23(24,25)26/h2-9,17H,10-15H2,1H3,(H,27,31). The summed E-state index contributed by atoms with van der Waals surface area (Å²) in [6.07, 6.45) is -4.29. The second kappa shape index (κ2) is 9.38. The molecule has 0 unspecified atom stereocenters. The van der Waals surface area contributed by atoms with Gasteiger partial charge in [0.2, 0.25) is 15.9 Å². The molecule has 1 fully saturated rings. The van der Waals surface area contributed by atoms with Crippen molar-refractivity contribution < 1.29 is 26.4 Å². The lowest BCUT2D eigenvalue weighted by Gasteiger charge is -2.31. The van der Waals surface area contributed by atoms with Crippen LogP contribution in [0, 0.1) is 12.8 Å². The van der Waals surface area contributed by atoms with Crippen LogP contribution in [0.5, 0.6) is 0 Å². The van der Waals surface area contributed by atoms with E-state index in [1.807, 2.05) is 35.8 Å². The molecule has 1 N–H and O–H groups in total. The number of amides is 1. The third-order valence-corrected chi connectivity index (χ3v) is 8.07. The van der Waals surface area contributed by atoms with E-state index in [0.29, 0.717) is 13.1 Å². The van der Waals surface area contributed by atoms with Crippen molar-refractivity contribution >= 4 is 27.0 Å². The molecule has 1 aromatic heterocycles. The maximum atomic E-state index is 13.3. The fourth-order valence-corrected chi connectivity index (χ4v) is 6.02. The highest BCUT2D eigenvalue weighted by Gasteiger charge is 2.40. The topological polar surface area (TPSA) is 84.3 Å². The van der Waals surface area contributed by atoms with Crippen LogP contribution in [0.2, 0.25) is 0 Å². The van der Waals surface area contributed by atoms with Gasteiger partial charge in [0.25, 0.3) is 0 Å². The van der Waals surface area contributed by atoms with E-state index in [9.17, 15) is 26.4 Å². The number of piperidine rings is 1. The molecule has 182 valence electrons. The largest absolute Gasteiger partial charge is 0.417 e. The van der Waals surface area contributed by atoms with Crippen LogP contribution in [0.4, 0.5) is 13.2 Å². The summed E-state index contributed by atoms with van der Waals surface area (Å²) in [6.45, 7) is 2.79. The van der Waals surface area contributed by atoms with Crippen molar-refractivity contribution in [3.63, 3.8) is 0 Å². The first-order valence-electron chi connectivity index (χ1n) is 10.9. The first-order valence-corrected chi connectivity index (χ1v) is 12.4. The number of carbonyl (C=O) groups excluding carboxylic acids is 1. The zero-order chi connectivity index (χ0) is 24.5. The smallest absolute Gasteiger partial charge is 0.354 e. The molecular weight excluding hydrogens is 469 g/mol. The van der Waals surface area contributed by atoms with Crippen molar-refractivity contribution in [2.45, 2.75) is 37.4 Å². The van der Waals surface area contributed by atoms with Crippen LogP contribution >= 0.6 is 0 Å². The van der Waals surface area contributed by atoms with Gasteiger partial charge in [0.15, 0.2) is 0 Å². The molecule has 2 heterocycles. The quantitative estimate of drug-likeness (QED) is 0.568. The van der Waals surface area contributed by atoms with Crippen molar-refractivity contribution in [3.8, 4) is 0 Å². The van der Waals surface area contributed by atoms with Crippen molar-refractivity contribution in [2.24, 2.45) is 5.92 Å². The van der Waals surface area contributed by atoms with Gasteiger partial charge in [-0.2, -0.15) is 17.5 Å². The van der Waals surface area contributed by atoms with E-state index in [-0.39, 0.29) is 31.8 Å². The summed E-state index contributed by atoms with van der Waals surface area (Å²) < 4.78 is 68.7. The number of rotatable bonds is 6. The van der Waals surface area contributed by atoms with Gasteiger partial charge in [-0.3, -0.25) is 4.79 Å². The van der Waals surface area contributed by atoms with Gasteiger partial charge in [0, 0.05) is 32.1 Å². The Labute approximate surface area is 195 Å². The van der Waals surface area contributed by atoms with E-state index in [0.717, 1.165) is 39.4 Å². The minimum Gasteiger partial charge on any atom is -0.354 e. The second-order valence-corrected chi connectivity index (χ2v) is 10.2. The van der Waals surface area contributed by atoms with Crippen LogP contribution in [0.3, 0.4) is 0 Å². The monoisotopic (exact) mass is 494 g/mol. The second-order valence-electron chi connectivity index (χ2n) is 8.26. The van der Waals surface area contributed by atoms with Gasteiger partial charge in [-0.25, -0.2) is 13.4 Å². The fourth-order valence-electron chi connectivity index (χ4n) is 4.34. The molecule has 0 saturated carbocycles. The Morgan fingerprint density at radius 3 is 2.44 bits per heavy atom. The minimum atomic E-state index is -4.78. The van der Waals surface area contributed by atoms with E-state index < -0.39 is 32.6 Å². The van der Waals surface area contributed by atoms with Crippen molar-refractivity contribution in [2.75, 3.05) is 19.6 Å². The Morgan fingerprint density at radius 2 is 1.74 bits per heavy atom. The summed E-state index contributed by atoms with van der Waals surface area (Å²) in [4.78, 5) is 16.4. The molecule has 11 heteroatoms. The molecule has 1 saturated heterocycles. The van der Waals surface area contributed by atoms with Gasteiger partial charge in [0.05, 0.1) is 21.5 Å². The molecule has 1 amide bonds. The number of imidazole rings is 1. The number of carbonyl (C=O) groups is 1. The minimum absolute atomic E-state index is 0.0160. The molecule has 0 bridgehead atoms. The maximum absolute atomic E-state index is 13.3. The van der Waals surface area contributed by atoms with Crippen LogP contribution in [-0.4, -0.2) is 47.8 Å². The lowest BCUT2D eigenvalue weighted by atomic mass is 9.97. The number of benzene rings is 2. The first-order chi connectivity index (χ1) is 16.1. The summed E-state index contributed by atoms with van der Waals surface area (Å²) in [5.74, 6) is 0.257. The maximum Gasteiger partial charge on any atom is 0.417 e. The molecule has 0 atom stereocenters. The van der Waals surface area contributed by atoms with E-state index >= 15 is 0 Å². The van der Waals surface area contributed by atoms with Gasteiger partial charge in [-0.1, -0.05) is 24.3 Å². The lowest BCUT2D eigenvalue weighted by molar-refractivity contribution is -0.139. The SMILES string of the molecule is Cc1nc2ccccc2n1CCNC(=O)C1CCN(S(=O)(=O)c2ccccc2C(F)(F)F)CC1. The Bertz CT molecular complexity index is 1300. The summed E-state index contributed by atoms with van der Waals surface area (Å²) in [5, 5.41) is 2.89. The number of hydrogen-bond acceptors (Lipinski definition) is 4. The summed E-state index contributed by atoms with van der Waals surface area (Å²) >= 11 is 0. The van der Waals surface area contributed by atoms with Gasteiger partial charge in [-0.05, 0) is 44.0 Å². The number of hydrogen-bond donors (Lipinski definition) is 1. The number of nitrogens with zero attached hydrogens (tertiary/aromatic N) is 3. The highest BCUT2D eigenvalue weighted by Crippen LogP contribution is 2.36. The van der Waals surface area contributed by atoms with Crippen LogP contribution in [0.25, 0.3) is 11.0 Å². The molecule has 3 aromatic rings. The first kappa shape index (κ1) is 24.2. The van der Waals surface area contributed by atoms with Crippen molar-refractivity contribution in [3.05, 3.63) is 59.9 Å². The predicted octanol–water partition coefficient (Wildman–Crippen LogP) is 3.58. The van der Waals surface area contributed by atoms with Crippen molar-refractivity contribution in [1.29, 1.82) is 0 Å². The Kier molecular flexibility index (Phi) is 6.68. The summed E-state index contributed by atoms with van der Waals surface area (Å²) in [6, 6.07) is 11.9. The van der Waals surface area contributed by atoms with Crippen molar-refractivity contribution in [1.82, 2.24) is 19.2 Å². The zero-order valence-electron chi connectivity index (χ0n) is 18.5. The molecule has 4 rings (SSSR count). The molecule has 0 radical (unpaired) electrons. The van der Waals surface area contributed by atoms with Gasteiger partial charge in [-0.15, -0.1) is 0 Å². The number of sulfonamides is 1.